The van der Waals surface area contributed by atoms with Crippen LogP contribution in [0.15, 0.2) is 90.4 Å². The predicted molar refractivity (Wildman–Crippen MR) is 154 cm³/mol. The Balaban J connectivity index is 1.54. The number of halogens is 2. The van der Waals surface area contributed by atoms with Gasteiger partial charge in [0.15, 0.2) is 11.6 Å². The van der Waals surface area contributed by atoms with Gasteiger partial charge in [0.2, 0.25) is 5.90 Å². The van der Waals surface area contributed by atoms with Crippen LogP contribution in [0.1, 0.15) is 35.6 Å². The minimum Gasteiger partial charge on any atom is -0.494 e. The Morgan fingerprint density at radius 1 is 1.13 bits per heavy atom. The zero-order chi connectivity index (χ0) is 27.7. The van der Waals surface area contributed by atoms with Gasteiger partial charge in [-0.1, -0.05) is 65.7 Å². The zero-order valence-corrected chi connectivity index (χ0v) is 22.9. The molecule has 0 aliphatic carbocycles. The van der Waals surface area contributed by atoms with Gasteiger partial charge in [0, 0.05) is 41.6 Å². The lowest BCUT2D eigenvalue weighted by molar-refractivity contribution is -0.129. The Kier molecular flexibility index (Phi) is 10.0. The molecule has 1 heterocycles. The highest BCUT2D eigenvalue weighted by molar-refractivity contribution is 6.35. The molecule has 0 fully saturated rings. The Hall–Kier alpha value is -3.36. The molecule has 3 aromatic carbocycles. The van der Waals surface area contributed by atoms with Gasteiger partial charge >= 0.3 is 0 Å². The van der Waals surface area contributed by atoms with E-state index in [2.05, 4.69) is 17.4 Å². The minimum atomic E-state index is -1.28. The maximum absolute atomic E-state index is 13.7. The average molecular weight is 569 g/mol. The van der Waals surface area contributed by atoms with Gasteiger partial charge < -0.3 is 14.6 Å². The number of nitrogens with zero attached hydrogens (tertiary/aromatic N) is 1. The number of benzene rings is 3. The molecule has 1 amide bonds. The Morgan fingerprint density at radius 3 is 2.59 bits per heavy atom. The van der Waals surface area contributed by atoms with Crippen molar-refractivity contribution >= 4 is 35.0 Å². The van der Waals surface area contributed by atoms with E-state index in [1.807, 2.05) is 60.7 Å². The topological polar surface area (TPSA) is 92.2 Å². The van der Waals surface area contributed by atoms with Crippen LogP contribution in [0, 0.1) is 0 Å². The maximum Gasteiger partial charge on any atom is 0.266 e. The number of carbonyl (C=O) groups is 1. The van der Waals surface area contributed by atoms with Crippen molar-refractivity contribution in [3.63, 3.8) is 0 Å². The van der Waals surface area contributed by atoms with Crippen molar-refractivity contribution in [3.8, 4) is 5.75 Å². The first-order chi connectivity index (χ1) is 19.0. The summed E-state index contributed by atoms with van der Waals surface area (Å²) < 4.78 is 12.0. The Labute approximate surface area is 238 Å². The standard InChI is InChI=1S/C30H31Cl2N3O4/c1-2-16-30(29(37)35-33-17-15-21-9-12-24(31)20-26(21)32)27(22-7-4-3-5-8-22)39-28(34-30)23-10-13-25(14-11-23)38-19-6-18-36/h2-5,7-14,20,27,33,36H,1,6,15-19H2,(H,35,37)/t27-,30-/m0/s1. The summed E-state index contributed by atoms with van der Waals surface area (Å²) in [6, 6.07) is 22.2. The van der Waals surface area contributed by atoms with Crippen LogP contribution in [0.2, 0.25) is 10.0 Å². The van der Waals surface area contributed by atoms with E-state index in [0.717, 1.165) is 16.7 Å². The SMILES string of the molecule is C=CC[C@]1(C(=O)NNCCc2ccc(Cl)cc2Cl)N=C(c2ccc(OCCCO)cc2)O[C@H]1c1ccccc1. The fraction of sp³-hybridized carbons (Fsp3) is 0.267. The molecule has 1 aliphatic rings. The molecule has 0 saturated carbocycles. The second-order valence-corrected chi connectivity index (χ2v) is 9.90. The van der Waals surface area contributed by atoms with Crippen LogP contribution in [0.4, 0.5) is 0 Å². The molecule has 39 heavy (non-hydrogen) atoms. The van der Waals surface area contributed by atoms with Gasteiger partial charge in [-0.25, -0.2) is 10.4 Å². The molecule has 0 aromatic heterocycles. The lowest BCUT2D eigenvalue weighted by Gasteiger charge is -2.29. The van der Waals surface area contributed by atoms with Gasteiger partial charge in [0.05, 0.1) is 6.61 Å². The number of ether oxygens (including phenoxy) is 2. The first-order valence-electron chi connectivity index (χ1n) is 12.7. The number of amides is 1. The molecule has 2 atom stereocenters. The number of nitrogens with one attached hydrogen (secondary N) is 2. The summed E-state index contributed by atoms with van der Waals surface area (Å²) in [6.45, 7) is 4.83. The zero-order valence-electron chi connectivity index (χ0n) is 21.4. The summed E-state index contributed by atoms with van der Waals surface area (Å²) in [5, 5.41) is 10.1. The van der Waals surface area contributed by atoms with Crippen molar-refractivity contribution in [1.29, 1.82) is 0 Å². The monoisotopic (exact) mass is 567 g/mol. The maximum atomic E-state index is 13.7. The number of hydrogen-bond donors (Lipinski definition) is 3. The van der Waals surface area contributed by atoms with Crippen LogP contribution in [-0.4, -0.2) is 42.2 Å². The molecule has 0 unspecified atom stereocenters. The number of hydrazine groups is 1. The van der Waals surface area contributed by atoms with Crippen molar-refractivity contribution < 1.29 is 19.4 Å². The molecule has 0 spiro atoms. The number of hydrogen-bond acceptors (Lipinski definition) is 6. The minimum absolute atomic E-state index is 0.0702. The smallest absolute Gasteiger partial charge is 0.266 e. The van der Waals surface area contributed by atoms with Crippen LogP contribution in [0.25, 0.3) is 0 Å². The van der Waals surface area contributed by atoms with Crippen LogP contribution in [0.5, 0.6) is 5.75 Å². The molecule has 3 N–H and O–H groups in total. The third kappa shape index (κ3) is 6.99. The third-order valence-electron chi connectivity index (χ3n) is 6.32. The van der Waals surface area contributed by atoms with Crippen LogP contribution < -0.4 is 15.6 Å². The van der Waals surface area contributed by atoms with Gasteiger partial charge in [-0.15, -0.1) is 6.58 Å². The van der Waals surface area contributed by atoms with Gasteiger partial charge in [0.25, 0.3) is 5.91 Å². The van der Waals surface area contributed by atoms with E-state index in [0.29, 0.717) is 47.7 Å². The molecule has 1 aliphatic heterocycles. The van der Waals surface area contributed by atoms with E-state index >= 15 is 0 Å². The summed E-state index contributed by atoms with van der Waals surface area (Å²) in [7, 11) is 0. The van der Waals surface area contributed by atoms with E-state index in [1.54, 1.807) is 18.2 Å². The quantitative estimate of drug-likeness (QED) is 0.145. The normalized spacial score (nSPS) is 18.2. The van der Waals surface area contributed by atoms with E-state index in [-0.39, 0.29) is 18.9 Å². The summed E-state index contributed by atoms with van der Waals surface area (Å²) >= 11 is 12.3. The number of aliphatic hydroxyl groups excluding tert-OH is 1. The summed E-state index contributed by atoms with van der Waals surface area (Å²) in [4.78, 5) is 18.6. The first-order valence-corrected chi connectivity index (χ1v) is 13.5. The molecule has 4 rings (SSSR count). The molecular weight excluding hydrogens is 537 g/mol. The Bertz CT molecular complexity index is 1300. The van der Waals surface area contributed by atoms with Crippen molar-refractivity contribution in [1.82, 2.24) is 10.9 Å². The second-order valence-electron chi connectivity index (χ2n) is 9.06. The van der Waals surface area contributed by atoms with E-state index in [9.17, 15) is 4.79 Å². The summed E-state index contributed by atoms with van der Waals surface area (Å²) in [6.07, 6.45) is 2.41. The molecule has 7 nitrogen and oxygen atoms in total. The lowest BCUT2D eigenvalue weighted by Crippen LogP contribution is -2.52. The van der Waals surface area contributed by atoms with Crippen LogP contribution >= 0.6 is 23.2 Å². The highest BCUT2D eigenvalue weighted by atomic mass is 35.5. The first kappa shape index (κ1) is 28.6. The van der Waals surface area contributed by atoms with Gasteiger partial charge in [-0.05, 0) is 53.9 Å². The van der Waals surface area contributed by atoms with Crippen molar-refractivity contribution in [2.24, 2.45) is 4.99 Å². The fourth-order valence-electron chi connectivity index (χ4n) is 4.34. The molecule has 204 valence electrons. The lowest BCUT2D eigenvalue weighted by atomic mass is 9.84. The molecular formula is C30H31Cl2N3O4. The van der Waals surface area contributed by atoms with Crippen molar-refractivity contribution in [3.05, 3.63) is 112 Å². The molecule has 0 bridgehead atoms. The number of aliphatic hydroxyl groups is 1. The molecule has 9 heteroatoms. The average Bonchev–Trinajstić information content (AvgIpc) is 3.34. The van der Waals surface area contributed by atoms with Crippen LogP contribution in [0.3, 0.4) is 0 Å². The highest BCUT2D eigenvalue weighted by Gasteiger charge is 2.52. The van der Waals surface area contributed by atoms with Gasteiger partial charge in [-0.2, -0.15) is 0 Å². The number of carbonyl (C=O) groups excluding carboxylic acids is 1. The second kappa shape index (κ2) is 13.6. The number of aliphatic imine (C=N–C) groups is 1. The van der Waals surface area contributed by atoms with Crippen molar-refractivity contribution in [2.45, 2.75) is 30.9 Å². The fourth-order valence-corrected chi connectivity index (χ4v) is 4.84. The molecule has 3 aromatic rings. The predicted octanol–water partition coefficient (Wildman–Crippen LogP) is 5.45. The summed E-state index contributed by atoms with van der Waals surface area (Å²) in [5.41, 5.74) is 7.02. The van der Waals surface area contributed by atoms with E-state index in [4.69, 9.17) is 42.8 Å². The van der Waals surface area contributed by atoms with Crippen molar-refractivity contribution in [2.75, 3.05) is 19.8 Å². The van der Waals surface area contributed by atoms with Gasteiger partial charge in [0.1, 0.15) is 5.75 Å². The van der Waals surface area contributed by atoms with E-state index in [1.165, 1.54) is 0 Å². The molecule has 0 radical (unpaired) electrons. The highest BCUT2D eigenvalue weighted by Crippen LogP contribution is 2.42. The molecule has 0 saturated heterocycles. The van der Waals surface area contributed by atoms with Crippen LogP contribution in [-0.2, 0) is 16.0 Å². The number of rotatable bonds is 13. The Morgan fingerprint density at radius 2 is 1.90 bits per heavy atom. The summed E-state index contributed by atoms with van der Waals surface area (Å²) in [5.74, 6) is 0.693. The third-order valence-corrected chi connectivity index (χ3v) is 6.91. The largest absolute Gasteiger partial charge is 0.494 e. The van der Waals surface area contributed by atoms with E-state index < -0.39 is 11.6 Å². The van der Waals surface area contributed by atoms with Gasteiger partial charge in [-0.3, -0.25) is 10.2 Å².